The van der Waals surface area contributed by atoms with E-state index in [0.717, 1.165) is 6.07 Å². The smallest absolute Gasteiger partial charge is 0.166 e. The number of ether oxygens (including phenoxy) is 1. The van der Waals surface area contributed by atoms with Gasteiger partial charge in [-0.25, -0.2) is 4.39 Å². The third-order valence-electron chi connectivity index (χ3n) is 2.39. The van der Waals surface area contributed by atoms with Crippen molar-refractivity contribution in [1.82, 2.24) is 0 Å². The summed E-state index contributed by atoms with van der Waals surface area (Å²) >= 11 is 0. The molecule has 0 aliphatic heterocycles. The fourth-order valence-electron chi connectivity index (χ4n) is 1.53. The highest BCUT2D eigenvalue weighted by molar-refractivity contribution is 5.98. The van der Waals surface area contributed by atoms with Crippen LogP contribution in [0.2, 0.25) is 0 Å². The molecule has 0 amide bonds. The first-order valence-electron chi connectivity index (χ1n) is 5.40. The van der Waals surface area contributed by atoms with Gasteiger partial charge in [-0.05, 0) is 31.5 Å². The van der Waals surface area contributed by atoms with Gasteiger partial charge in [0.1, 0.15) is 17.3 Å². The molecule has 0 aliphatic carbocycles. The van der Waals surface area contributed by atoms with Gasteiger partial charge in [0.15, 0.2) is 5.78 Å². The zero-order chi connectivity index (χ0) is 12.8. The maximum absolute atomic E-state index is 13.0. The number of benzene rings is 1. The molecule has 0 radical (unpaired) electrons. The van der Waals surface area contributed by atoms with E-state index in [9.17, 15) is 14.0 Å². The van der Waals surface area contributed by atoms with Crippen LogP contribution in [0, 0.1) is 5.82 Å². The van der Waals surface area contributed by atoms with Gasteiger partial charge in [-0.15, -0.1) is 0 Å². The molecule has 1 aromatic carbocycles. The molecule has 17 heavy (non-hydrogen) atoms. The molecule has 0 spiro atoms. The second-order valence-corrected chi connectivity index (χ2v) is 3.82. The Morgan fingerprint density at radius 2 is 2.00 bits per heavy atom. The third kappa shape index (κ3) is 3.98. The molecule has 0 fully saturated rings. The van der Waals surface area contributed by atoms with Crippen molar-refractivity contribution in [3.8, 4) is 5.75 Å². The number of carbonyl (C=O) groups is 2. The van der Waals surface area contributed by atoms with Gasteiger partial charge in [0, 0.05) is 12.8 Å². The molecule has 0 atom stereocenters. The van der Waals surface area contributed by atoms with Crippen LogP contribution in [0.25, 0.3) is 0 Å². The third-order valence-corrected chi connectivity index (χ3v) is 2.39. The minimum absolute atomic E-state index is 0.0454. The van der Waals surface area contributed by atoms with Gasteiger partial charge in [0.05, 0.1) is 12.7 Å². The summed E-state index contributed by atoms with van der Waals surface area (Å²) in [6, 6.07) is 3.83. The van der Waals surface area contributed by atoms with E-state index in [0.29, 0.717) is 18.6 Å². The summed E-state index contributed by atoms with van der Waals surface area (Å²) in [5.74, 6) is -0.272. The van der Waals surface area contributed by atoms with Crippen molar-refractivity contribution in [1.29, 1.82) is 0 Å². The van der Waals surface area contributed by atoms with Crippen LogP contribution in [0.3, 0.4) is 0 Å². The Morgan fingerprint density at radius 3 is 2.59 bits per heavy atom. The van der Waals surface area contributed by atoms with Gasteiger partial charge in [0.2, 0.25) is 0 Å². The zero-order valence-corrected chi connectivity index (χ0v) is 9.96. The van der Waals surface area contributed by atoms with E-state index in [1.165, 1.54) is 26.2 Å². The van der Waals surface area contributed by atoms with Crippen molar-refractivity contribution in [3.63, 3.8) is 0 Å². The summed E-state index contributed by atoms with van der Waals surface area (Å²) in [4.78, 5) is 22.5. The standard InChI is InChI=1S/C13H15FO3/c1-9(15)4-3-5-12(16)11-8-10(14)6-7-13(11)17-2/h6-8H,3-5H2,1-2H3. The van der Waals surface area contributed by atoms with E-state index in [2.05, 4.69) is 0 Å². The number of hydrogen-bond donors (Lipinski definition) is 0. The topological polar surface area (TPSA) is 43.4 Å². The van der Waals surface area contributed by atoms with Gasteiger partial charge in [-0.3, -0.25) is 4.79 Å². The summed E-state index contributed by atoms with van der Waals surface area (Å²) in [5, 5.41) is 0. The summed E-state index contributed by atoms with van der Waals surface area (Å²) < 4.78 is 18.0. The Bertz CT molecular complexity index is 427. The monoisotopic (exact) mass is 238 g/mol. The van der Waals surface area contributed by atoms with E-state index >= 15 is 0 Å². The van der Waals surface area contributed by atoms with Crippen molar-refractivity contribution in [2.75, 3.05) is 7.11 Å². The fourth-order valence-corrected chi connectivity index (χ4v) is 1.53. The minimum atomic E-state index is -0.472. The number of halogens is 1. The average molecular weight is 238 g/mol. The Balaban J connectivity index is 2.73. The number of rotatable bonds is 6. The van der Waals surface area contributed by atoms with E-state index in [-0.39, 0.29) is 23.6 Å². The predicted octanol–water partition coefficient (Wildman–Crippen LogP) is 2.78. The van der Waals surface area contributed by atoms with Crippen LogP contribution in [-0.2, 0) is 4.79 Å². The molecular weight excluding hydrogens is 223 g/mol. The lowest BCUT2D eigenvalue weighted by molar-refractivity contribution is -0.117. The number of ketones is 2. The molecule has 92 valence electrons. The zero-order valence-electron chi connectivity index (χ0n) is 9.96. The van der Waals surface area contributed by atoms with Crippen molar-refractivity contribution in [2.24, 2.45) is 0 Å². The van der Waals surface area contributed by atoms with Crippen LogP contribution in [-0.4, -0.2) is 18.7 Å². The second kappa shape index (κ2) is 6.13. The fraction of sp³-hybridized carbons (Fsp3) is 0.385. The highest BCUT2D eigenvalue weighted by Gasteiger charge is 2.13. The van der Waals surface area contributed by atoms with Gasteiger partial charge in [0.25, 0.3) is 0 Å². The molecule has 1 rings (SSSR count). The molecule has 0 aliphatic rings. The Labute approximate surface area is 99.6 Å². The molecule has 0 aromatic heterocycles. The van der Waals surface area contributed by atoms with Crippen LogP contribution in [0.1, 0.15) is 36.5 Å². The molecule has 0 saturated heterocycles. The van der Waals surface area contributed by atoms with E-state index in [4.69, 9.17) is 4.74 Å². The molecular formula is C13H15FO3. The molecule has 0 saturated carbocycles. The number of hydrogen-bond acceptors (Lipinski definition) is 3. The van der Waals surface area contributed by atoms with Crippen LogP contribution < -0.4 is 4.74 Å². The van der Waals surface area contributed by atoms with Crippen LogP contribution in [0.5, 0.6) is 5.75 Å². The summed E-state index contributed by atoms with van der Waals surface area (Å²) in [6.07, 6.45) is 1.07. The van der Waals surface area contributed by atoms with E-state index in [1.54, 1.807) is 0 Å². The molecule has 0 bridgehead atoms. The highest BCUT2D eigenvalue weighted by atomic mass is 19.1. The minimum Gasteiger partial charge on any atom is -0.496 e. The molecule has 4 heteroatoms. The summed E-state index contributed by atoms with van der Waals surface area (Å²) in [5.41, 5.74) is 0.232. The second-order valence-electron chi connectivity index (χ2n) is 3.82. The van der Waals surface area contributed by atoms with Gasteiger partial charge in [-0.1, -0.05) is 0 Å². The van der Waals surface area contributed by atoms with Crippen molar-refractivity contribution in [2.45, 2.75) is 26.2 Å². The molecule has 0 heterocycles. The maximum atomic E-state index is 13.0. The number of methoxy groups -OCH3 is 1. The van der Waals surface area contributed by atoms with E-state index in [1.807, 2.05) is 0 Å². The van der Waals surface area contributed by atoms with Crippen LogP contribution in [0.4, 0.5) is 4.39 Å². The van der Waals surface area contributed by atoms with Crippen molar-refractivity contribution >= 4 is 11.6 Å². The van der Waals surface area contributed by atoms with Crippen molar-refractivity contribution < 1.29 is 18.7 Å². The number of carbonyl (C=O) groups excluding carboxylic acids is 2. The first kappa shape index (κ1) is 13.4. The van der Waals surface area contributed by atoms with Crippen LogP contribution >= 0.6 is 0 Å². The molecule has 3 nitrogen and oxygen atoms in total. The Hall–Kier alpha value is -1.71. The summed E-state index contributed by atoms with van der Waals surface area (Å²) in [7, 11) is 1.43. The maximum Gasteiger partial charge on any atom is 0.166 e. The average Bonchev–Trinajstić information content (AvgIpc) is 2.28. The van der Waals surface area contributed by atoms with Gasteiger partial charge < -0.3 is 9.53 Å². The van der Waals surface area contributed by atoms with Gasteiger partial charge in [-0.2, -0.15) is 0 Å². The lowest BCUT2D eigenvalue weighted by Crippen LogP contribution is -2.04. The van der Waals surface area contributed by atoms with Gasteiger partial charge >= 0.3 is 0 Å². The first-order chi connectivity index (χ1) is 8.04. The predicted molar refractivity (Wildman–Crippen MR) is 61.8 cm³/mol. The lowest BCUT2D eigenvalue weighted by atomic mass is 10.0. The Kier molecular flexibility index (Phi) is 4.82. The highest BCUT2D eigenvalue weighted by Crippen LogP contribution is 2.21. The summed E-state index contributed by atoms with van der Waals surface area (Å²) in [6.45, 7) is 1.48. The van der Waals surface area contributed by atoms with Crippen molar-refractivity contribution in [3.05, 3.63) is 29.6 Å². The number of Topliss-reactive ketones (excluding diaryl/α,β-unsaturated/α-hetero) is 2. The molecule has 0 unspecified atom stereocenters. The van der Waals surface area contributed by atoms with E-state index < -0.39 is 5.82 Å². The van der Waals surface area contributed by atoms with Crippen LogP contribution in [0.15, 0.2) is 18.2 Å². The Morgan fingerprint density at radius 1 is 1.29 bits per heavy atom. The lowest BCUT2D eigenvalue weighted by Gasteiger charge is -2.07. The molecule has 1 aromatic rings. The first-order valence-corrected chi connectivity index (χ1v) is 5.40. The normalized spacial score (nSPS) is 10.1. The SMILES string of the molecule is COc1ccc(F)cc1C(=O)CCCC(C)=O. The largest absolute Gasteiger partial charge is 0.496 e. The quantitative estimate of drug-likeness (QED) is 0.716. The molecule has 0 N–H and O–H groups in total.